The number of amides is 1. The molecule has 3 rings (SSSR count). The van der Waals surface area contributed by atoms with Crippen molar-refractivity contribution in [1.82, 2.24) is 10.2 Å². The first-order valence-electron chi connectivity index (χ1n) is 8.99. The summed E-state index contributed by atoms with van der Waals surface area (Å²) in [7, 11) is 0. The smallest absolute Gasteiger partial charge is 0.237 e. The minimum Gasteiger partial charge on any atom is -0.459 e. The molecule has 2 N–H and O–H groups in total. The van der Waals surface area contributed by atoms with Gasteiger partial charge in [0.2, 0.25) is 5.91 Å². The van der Waals surface area contributed by atoms with E-state index >= 15 is 0 Å². The summed E-state index contributed by atoms with van der Waals surface area (Å²) in [5.74, 6) is 0.110. The number of halogens is 1. The summed E-state index contributed by atoms with van der Waals surface area (Å²) in [6.45, 7) is 4.23. The van der Waals surface area contributed by atoms with E-state index < -0.39 is 12.4 Å². The largest absolute Gasteiger partial charge is 0.459 e. The molecule has 1 fully saturated rings. The molecule has 2 aromatic rings. The topological polar surface area (TPSA) is 65.7 Å². The Morgan fingerprint density at radius 2 is 2.15 bits per heavy atom. The molecule has 0 saturated carbocycles. The van der Waals surface area contributed by atoms with E-state index in [1.54, 1.807) is 0 Å². The first-order valence-corrected chi connectivity index (χ1v) is 8.99. The predicted octanol–water partition coefficient (Wildman–Crippen LogP) is 3.31. The van der Waals surface area contributed by atoms with Crippen LogP contribution in [0.25, 0.3) is 11.0 Å². The number of carbonyl (C=O) groups is 1. The molecule has 1 saturated heterocycles. The highest BCUT2D eigenvalue weighted by molar-refractivity contribution is 5.82. The summed E-state index contributed by atoms with van der Waals surface area (Å²) in [5, 5.41) is 13.0. The van der Waals surface area contributed by atoms with E-state index in [0.717, 1.165) is 23.9 Å². The van der Waals surface area contributed by atoms with E-state index in [9.17, 15) is 9.18 Å². The van der Waals surface area contributed by atoms with Crippen LogP contribution in [0.4, 0.5) is 4.39 Å². The van der Waals surface area contributed by atoms with Crippen LogP contribution in [0.1, 0.15) is 38.5 Å². The molecule has 0 aliphatic carbocycles. The summed E-state index contributed by atoms with van der Waals surface area (Å²) >= 11 is 0. The molecule has 1 amide bonds. The number of hydrogen-bond acceptors (Lipinski definition) is 4. The maximum Gasteiger partial charge on any atom is 0.237 e. The Morgan fingerprint density at radius 3 is 2.88 bits per heavy atom. The SMILES string of the molecule is CC(NC(=O)C(C)N1CCC/C(=C(\F)CO)C1)c1cc2ccccc2o1. The monoisotopic (exact) mass is 360 g/mol. The summed E-state index contributed by atoms with van der Waals surface area (Å²) in [6, 6.07) is 9.01. The van der Waals surface area contributed by atoms with Gasteiger partial charge in [0.05, 0.1) is 18.7 Å². The van der Waals surface area contributed by atoms with Crippen molar-refractivity contribution < 1.29 is 18.7 Å². The van der Waals surface area contributed by atoms with Crippen LogP contribution in [-0.2, 0) is 4.79 Å². The first-order chi connectivity index (χ1) is 12.5. The summed E-state index contributed by atoms with van der Waals surface area (Å²) < 4.78 is 19.5. The fraction of sp³-hybridized carbons (Fsp3) is 0.450. The quantitative estimate of drug-likeness (QED) is 0.859. The zero-order chi connectivity index (χ0) is 18.7. The molecule has 0 spiro atoms. The molecule has 5 nitrogen and oxygen atoms in total. The molecule has 0 bridgehead atoms. The summed E-state index contributed by atoms with van der Waals surface area (Å²) in [4.78, 5) is 14.6. The van der Waals surface area contributed by atoms with Crippen LogP contribution in [0, 0.1) is 0 Å². The van der Waals surface area contributed by atoms with E-state index in [2.05, 4.69) is 5.32 Å². The third-order valence-corrected chi connectivity index (χ3v) is 5.00. The van der Waals surface area contributed by atoms with Gasteiger partial charge in [-0.05, 0) is 50.9 Å². The van der Waals surface area contributed by atoms with Gasteiger partial charge in [-0.15, -0.1) is 0 Å². The maximum atomic E-state index is 13.7. The molecule has 0 radical (unpaired) electrons. The number of aliphatic hydroxyl groups is 1. The number of nitrogens with one attached hydrogen (secondary N) is 1. The van der Waals surface area contributed by atoms with Crippen molar-refractivity contribution in [2.24, 2.45) is 0 Å². The number of carbonyl (C=O) groups excluding carboxylic acids is 1. The van der Waals surface area contributed by atoms with Gasteiger partial charge < -0.3 is 14.8 Å². The second-order valence-corrected chi connectivity index (χ2v) is 6.83. The van der Waals surface area contributed by atoms with Crippen molar-refractivity contribution in [3.05, 3.63) is 47.5 Å². The summed E-state index contributed by atoms with van der Waals surface area (Å²) in [5.41, 5.74) is 1.38. The van der Waals surface area contributed by atoms with E-state index in [1.165, 1.54) is 0 Å². The van der Waals surface area contributed by atoms with Gasteiger partial charge in [0.15, 0.2) is 0 Å². The van der Waals surface area contributed by atoms with E-state index in [-0.39, 0.29) is 18.0 Å². The Bertz CT molecular complexity index is 781. The fourth-order valence-corrected chi connectivity index (χ4v) is 3.35. The number of piperidine rings is 1. The van der Waals surface area contributed by atoms with Crippen molar-refractivity contribution >= 4 is 16.9 Å². The molecule has 1 aliphatic rings. The van der Waals surface area contributed by atoms with Crippen LogP contribution in [0.5, 0.6) is 0 Å². The van der Waals surface area contributed by atoms with Crippen LogP contribution >= 0.6 is 0 Å². The second-order valence-electron chi connectivity index (χ2n) is 6.83. The molecule has 2 unspecified atom stereocenters. The minimum atomic E-state index is -0.577. The standard InChI is InChI=1S/C20H25FN2O3/c1-13(19-10-15-6-3-4-8-18(15)26-19)22-20(25)14(2)23-9-5-7-16(11-23)17(21)12-24/h3-4,6,8,10,13-14,24H,5,7,9,11-12H2,1-2H3,(H,22,25)/b17-16+. The number of aliphatic hydroxyl groups excluding tert-OH is 1. The Labute approximate surface area is 152 Å². The molecule has 26 heavy (non-hydrogen) atoms. The molecule has 1 aromatic heterocycles. The van der Waals surface area contributed by atoms with Gasteiger partial charge in [-0.2, -0.15) is 0 Å². The number of para-hydroxylation sites is 1. The van der Waals surface area contributed by atoms with Gasteiger partial charge in [-0.1, -0.05) is 18.2 Å². The Kier molecular flexibility index (Phi) is 5.74. The Hall–Kier alpha value is -2.18. The lowest BCUT2D eigenvalue weighted by molar-refractivity contribution is -0.126. The highest BCUT2D eigenvalue weighted by Crippen LogP contribution is 2.25. The number of furan rings is 1. The van der Waals surface area contributed by atoms with Gasteiger partial charge in [0, 0.05) is 11.9 Å². The van der Waals surface area contributed by atoms with Crippen molar-refractivity contribution in [1.29, 1.82) is 0 Å². The van der Waals surface area contributed by atoms with Crippen LogP contribution in [0.3, 0.4) is 0 Å². The van der Waals surface area contributed by atoms with E-state index in [1.807, 2.05) is 49.1 Å². The number of benzene rings is 1. The lowest BCUT2D eigenvalue weighted by atomic mass is 10.0. The van der Waals surface area contributed by atoms with Crippen LogP contribution < -0.4 is 5.32 Å². The second kappa shape index (κ2) is 8.01. The molecule has 140 valence electrons. The molecule has 1 aliphatic heterocycles. The molecule has 6 heteroatoms. The minimum absolute atomic E-state index is 0.122. The number of likely N-dealkylation sites (tertiary alicyclic amines) is 1. The van der Waals surface area contributed by atoms with Gasteiger partial charge in [0.1, 0.15) is 17.2 Å². The van der Waals surface area contributed by atoms with Crippen molar-refractivity contribution in [2.75, 3.05) is 19.7 Å². The first kappa shape index (κ1) is 18.6. The van der Waals surface area contributed by atoms with Gasteiger partial charge in [-0.25, -0.2) is 4.39 Å². The Balaban J connectivity index is 1.65. The maximum absolute atomic E-state index is 13.7. The average molecular weight is 360 g/mol. The number of hydrogen-bond donors (Lipinski definition) is 2. The molecule has 1 aromatic carbocycles. The van der Waals surface area contributed by atoms with Crippen LogP contribution in [-0.4, -0.2) is 41.7 Å². The average Bonchev–Trinajstić information content (AvgIpc) is 3.11. The highest BCUT2D eigenvalue weighted by Gasteiger charge is 2.27. The van der Waals surface area contributed by atoms with Crippen molar-refractivity contribution in [3.8, 4) is 0 Å². The lowest BCUT2D eigenvalue weighted by Crippen LogP contribution is -2.48. The molecular weight excluding hydrogens is 335 g/mol. The molecule has 2 heterocycles. The van der Waals surface area contributed by atoms with Crippen LogP contribution in [0.15, 0.2) is 46.1 Å². The summed E-state index contributed by atoms with van der Waals surface area (Å²) in [6.07, 6.45) is 1.41. The number of rotatable bonds is 5. The third-order valence-electron chi connectivity index (χ3n) is 5.00. The lowest BCUT2D eigenvalue weighted by Gasteiger charge is -2.33. The van der Waals surface area contributed by atoms with Gasteiger partial charge in [0.25, 0.3) is 0 Å². The van der Waals surface area contributed by atoms with Crippen molar-refractivity contribution in [3.63, 3.8) is 0 Å². The van der Waals surface area contributed by atoms with Crippen molar-refractivity contribution in [2.45, 2.75) is 38.8 Å². The zero-order valence-electron chi connectivity index (χ0n) is 15.2. The van der Waals surface area contributed by atoms with Gasteiger partial charge >= 0.3 is 0 Å². The molecular formula is C20H25FN2O3. The fourth-order valence-electron chi connectivity index (χ4n) is 3.35. The predicted molar refractivity (Wildman–Crippen MR) is 98.3 cm³/mol. The Morgan fingerprint density at radius 1 is 1.38 bits per heavy atom. The number of nitrogens with zero attached hydrogens (tertiary/aromatic N) is 1. The van der Waals surface area contributed by atoms with Gasteiger partial charge in [-0.3, -0.25) is 9.69 Å². The third kappa shape index (κ3) is 3.97. The van der Waals surface area contributed by atoms with E-state index in [0.29, 0.717) is 24.3 Å². The highest BCUT2D eigenvalue weighted by atomic mass is 19.1. The van der Waals surface area contributed by atoms with Crippen LogP contribution in [0.2, 0.25) is 0 Å². The van der Waals surface area contributed by atoms with E-state index in [4.69, 9.17) is 9.52 Å². The number of fused-ring (bicyclic) bond motifs is 1. The normalized spacial score (nSPS) is 20.0. The molecule has 2 atom stereocenters. The zero-order valence-corrected chi connectivity index (χ0v) is 15.2.